The van der Waals surface area contributed by atoms with Crippen LogP contribution in [0.1, 0.15) is 47.5 Å². The van der Waals surface area contributed by atoms with Gasteiger partial charge in [0.15, 0.2) is 0 Å². The molecule has 1 aliphatic rings. The summed E-state index contributed by atoms with van der Waals surface area (Å²) in [5.41, 5.74) is 1.45. The molecule has 0 saturated heterocycles. The number of nitrogens with zero attached hydrogens (tertiary/aromatic N) is 1. The van der Waals surface area contributed by atoms with Crippen LogP contribution in [0.15, 0.2) is 23.9 Å². The monoisotopic (exact) mass is 209 g/mol. The summed E-state index contributed by atoms with van der Waals surface area (Å²) in [4.78, 5) is 2.21. The first-order chi connectivity index (χ1) is 7.01. The predicted octanol–water partition coefficient (Wildman–Crippen LogP) is 4.22. The summed E-state index contributed by atoms with van der Waals surface area (Å²) in [6, 6.07) is 0.569. The van der Waals surface area contributed by atoms with E-state index >= 15 is 0 Å². The molecular formula is C14H27N. The van der Waals surface area contributed by atoms with Gasteiger partial charge in [-0.05, 0) is 37.1 Å². The first-order valence-corrected chi connectivity index (χ1v) is 6.12. The zero-order chi connectivity index (χ0) is 11.8. The standard InChI is InChI=1S/C9H15N.C5H12/c1-4-9-5-6-10(3)8(2)7-9;1-4-5(2)3/h5-8H,4H2,1-3H3;5H,4H2,1-3H3. The van der Waals surface area contributed by atoms with E-state index in [9.17, 15) is 0 Å². The minimum Gasteiger partial charge on any atom is -0.374 e. The van der Waals surface area contributed by atoms with Crippen molar-refractivity contribution in [3.8, 4) is 0 Å². The average molecular weight is 209 g/mol. The van der Waals surface area contributed by atoms with Crippen LogP contribution in [-0.2, 0) is 0 Å². The summed E-state index contributed by atoms with van der Waals surface area (Å²) in [6.07, 6.45) is 9.08. The van der Waals surface area contributed by atoms with Gasteiger partial charge in [-0.25, -0.2) is 0 Å². The molecule has 1 aliphatic heterocycles. The average Bonchev–Trinajstić information content (AvgIpc) is 2.23. The van der Waals surface area contributed by atoms with Gasteiger partial charge in [0, 0.05) is 13.1 Å². The SMILES string of the molecule is CCC(C)C.CCC1=CC(C)N(C)C=C1. The third-order valence-corrected chi connectivity index (χ3v) is 2.85. The van der Waals surface area contributed by atoms with Gasteiger partial charge in [0.25, 0.3) is 0 Å². The molecule has 1 rings (SSSR count). The molecule has 0 aromatic carbocycles. The van der Waals surface area contributed by atoms with Gasteiger partial charge in [-0.3, -0.25) is 0 Å². The van der Waals surface area contributed by atoms with Crippen LogP contribution in [0.4, 0.5) is 0 Å². The van der Waals surface area contributed by atoms with Gasteiger partial charge in [-0.15, -0.1) is 0 Å². The van der Waals surface area contributed by atoms with E-state index in [0.717, 1.165) is 12.3 Å². The van der Waals surface area contributed by atoms with Crippen LogP contribution in [0.5, 0.6) is 0 Å². The zero-order valence-corrected chi connectivity index (χ0v) is 11.2. The van der Waals surface area contributed by atoms with Crippen LogP contribution < -0.4 is 0 Å². The van der Waals surface area contributed by atoms with E-state index in [1.807, 2.05) is 0 Å². The van der Waals surface area contributed by atoms with Gasteiger partial charge >= 0.3 is 0 Å². The largest absolute Gasteiger partial charge is 0.374 e. The Bertz CT molecular complexity index is 213. The Morgan fingerprint density at radius 1 is 1.33 bits per heavy atom. The van der Waals surface area contributed by atoms with Gasteiger partial charge in [-0.2, -0.15) is 0 Å². The van der Waals surface area contributed by atoms with Crippen LogP contribution >= 0.6 is 0 Å². The molecule has 0 saturated carbocycles. The van der Waals surface area contributed by atoms with Crippen LogP contribution in [0, 0.1) is 5.92 Å². The number of allylic oxidation sites excluding steroid dienone is 2. The van der Waals surface area contributed by atoms with Gasteiger partial charge in [0.2, 0.25) is 0 Å². The molecule has 88 valence electrons. The minimum absolute atomic E-state index is 0.569. The van der Waals surface area contributed by atoms with Gasteiger partial charge in [-0.1, -0.05) is 40.2 Å². The number of hydrogen-bond donors (Lipinski definition) is 0. The van der Waals surface area contributed by atoms with E-state index in [0.29, 0.717) is 6.04 Å². The predicted molar refractivity (Wildman–Crippen MR) is 69.9 cm³/mol. The van der Waals surface area contributed by atoms with Crippen LogP contribution in [0.2, 0.25) is 0 Å². The van der Waals surface area contributed by atoms with Crippen LogP contribution in [0.3, 0.4) is 0 Å². The van der Waals surface area contributed by atoms with E-state index in [4.69, 9.17) is 0 Å². The maximum absolute atomic E-state index is 2.31. The Morgan fingerprint density at radius 3 is 2.20 bits per heavy atom. The molecule has 0 aliphatic carbocycles. The summed E-state index contributed by atoms with van der Waals surface area (Å²) < 4.78 is 0. The van der Waals surface area contributed by atoms with Crippen molar-refractivity contribution in [1.29, 1.82) is 0 Å². The van der Waals surface area contributed by atoms with Crippen molar-refractivity contribution >= 4 is 0 Å². The lowest BCUT2D eigenvalue weighted by Gasteiger charge is -2.24. The van der Waals surface area contributed by atoms with Crippen molar-refractivity contribution in [2.75, 3.05) is 7.05 Å². The molecule has 1 unspecified atom stereocenters. The molecule has 0 bridgehead atoms. The Morgan fingerprint density at radius 2 is 1.87 bits per heavy atom. The van der Waals surface area contributed by atoms with Gasteiger partial charge in [0.1, 0.15) is 0 Å². The maximum Gasteiger partial charge on any atom is 0.0441 e. The van der Waals surface area contributed by atoms with Crippen LogP contribution in [-0.4, -0.2) is 18.0 Å². The van der Waals surface area contributed by atoms with E-state index in [-0.39, 0.29) is 0 Å². The third kappa shape index (κ3) is 6.38. The molecule has 1 nitrogen and oxygen atoms in total. The Hall–Kier alpha value is -0.720. The zero-order valence-electron chi connectivity index (χ0n) is 11.2. The fourth-order valence-corrected chi connectivity index (χ4v) is 1.07. The summed E-state index contributed by atoms with van der Waals surface area (Å²) in [5.74, 6) is 0.884. The topological polar surface area (TPSA) is 3.24 Å². The number of rotatable bonds is 2. The van der Waals surface area contributed by atoms with Gasteiger partial charge in [0.05, 0.1) is 0 Å². The molecule has 0 amide bonds. The highest BCUT2D eigenvalue weighted by molar-refractivity contribution is 5.23. The van der Waals surface area contributed by atoms with Crippen molar-refractivity contribution in [2.45, 2.75) is 53.5 Å². The highest BCUT2D eigenvalue weighted by Gasteiger charge is 2.06. The minimum atomic E-state index is 0.569. The van der Waals surface area contributed by atoms with E-state index in [1.165, 1.54) is 12.0 Å². The second kappa shape index (κ2) is 7.56. The summed E-state index contributed by atoms with van der Waals surface area (Å²) >= 11 is 0. The van der Waals surface area contributed by atoms with Crippen molar-refractivity contribution in [3.05, 3.63) is 23.9 Å². The van der Waals surface area contributed by atoms with E-state index in [2.05, 4.69) is 64.9 Å². The fraction of sp³-hybridized carbons (Fsp3) is 0.714. The van der Waals surface area contributed by atoms with Gasteiger partial charge < -0.3 is 4.90 Å². The van der Waals surface area contributed by atoms with Crippen molar-refractivity contribution in [2.24, 2.45) is 5.92 Å². The van der Waals surface area contributed by atoms with Crippen molar-refractivity contribution < 1.29 is 0 Å². The molecule has 1 heterocycles. The second-order valence-corrected chi connectivity index (χ2v) is 4.62. The Kier molecular flexibility index (Phi) is 7.19. The number of likely N-dealkylation sites (N-methyl/N-ethyl adjacent to an activating group) is 1. The lowest BCUT2D eigenvalue weighted by Crippen LogP contribution is -2.24. The lowest BCUT2D eigenvalue weighted by atomic mass is 10.1. The maximum atomic E-state index is 2.31. The molecule has 0 N–H and O–H groups in total. The highest BCUT2D eigenvalue weighted by atomic mass is 15.1. The fourth-order valence-electron chi connectivity index (χ4n) is 1.07. The quantitative estimate of drug-likeness (QED) is 0.658. The van der Waals surface area contributed by atoms with E-state index < -0.39 is 0 Å². The first kappa shape index (κ1) is 14.3. The molecule has 1 heteroatoms. The molecule has 0 radical (unpaired) electrons. The first-order valence-electron chi connectivity index (χ1n) is 6.12. The highest BCUT2D eigenvalue weighted by Crippen LogP contribution is 2.13. The van der Waals surface area contributed by atoms with Crippen molar-refractivity contribution in [1.82, 2.24) is 4.90 Å². The molecule has 0 aromatic heterocycles. The molecule has 0 spiro atoms. The lowest BCUT2D eigenvalue weighted by molar-refractivity contribution is 0.400. The summed E-state index contributed by atoms with van der Waals surface area (Å²) in [5, 5.41) is 0. The smallest absolute Gasteiger partial charge is 0.0441 e. The second-order valence-electron chi connectivity index (χ2n) is 4.62. The Balaban J connectivity index is 0.000000336. The normalized spacial score (nSPS) is 19.8. The molecule has 15 heavy (non-hydrogen) atoms. The molecule has 0 aromatic rings. The van der Waals surface area contributed by atoms with Crippen LogP contribution in [0.25, 0.3) is 0 Å². The molecule has 1 atom stereocenters. The Labute approximate surface area is 95.9 Å². The third-order valence-electron chi connectivity index (χ3n) is 2.85. The molecule has 0 fully saturated rings. The number of hydrogen-bond acceptors (Lipinski definition) is 1. The summed E-state index contributed by atoms with van der Waals surface area (Å²) in [6.45, 7) is 11.0. The van der Waals surface area contributed by atoms with Crippen molar-refractivity contribution in [3.63, 3.8) is 0 Å². The summed E-state index contributed by atoms with van der Waals surface area (Å²) in [7, 11) is 2.10. The molecular weight excluding hydrogens is 182 g/mol. The van der Waals surface area contributed by atoms with E-state index in [1.54, 1.807) is 0 Å².